The largest absolute Gasteiger partial charge is 0.454 e. The summed E-state index contributed by atoms with van der Waals surface area (Å²) in [5, 5.41) is 5.64. The fraction of sp³-hybridized carbons (Fsp3) is 0. The Morgan fingerprint density at radius 1 is 0.465 bits per heavy atom. The third kappa shape index (κ3) is 3.81. The standard InChI is InChI=1S/C39H24N2O2/c1-2-8-27-23-28(15-14-25(27)7-1)26-16-18-29(19-17-26)41(30-20-21-36-33(24-30)38-37(42-36)13-6-22-40-38)34-11-5-10-32-31-9-3-4-12-35(31)43-39(32)34/h1-24H. The van der Waals surface area contributed by atoms with E-state index < -0.39 is 0 Å². The van der Waals surface area contributed by atoms with Gasteiger partial charge in [-0.2, -0.15) is 0 Å². The maximum atomic E-state index is 6.51. The van der Waals surface area contributed by atoms with Gasteiger partial charge in [-0.1, -0.05) is 78.9 Å². The zero-order chi connectivity index (χ0) is 28.3. The van der Waals surface area contributed by atoms with Gasteiger partial charge in [0.25, 0.3) is 0 Å². The van der Waals surface area contributed by atoms with Crippen LogP contribution < -0.4 is 4.90 Å². The molecule has 0 saturated heterocycles. The average Bonchev–Trinajstić information content (AvgIpc) is 3.64. The Kier molecular flexibility index (Phi) is 5.16. The van der Waals surface area contributed by atoms with Crippen molar-refractivity contribution < 1.29 is 8.83 Å². The van der Waals surface area contributed by atoms with Crippen molar-refractivity contribution in [2.45, 2.75) is 0 Å². The SMILES string of the molecule is c1ccc2cc(-c3ccc(N(c4ccc5oc6cccnc6c5c4)c4cccc5c4oc4ccccc45)cc3)ccc2c1. The normalized spacial score (nSPS) is 11.7. The Bertz CT molecular complexity index is 2470. The van der Waals surface area contributed by atoms with Crippen molar-refractivity contribution in [3.8, 4) is 11.1 Å². The van der Waals surface area contributed by atoms with Crippen LogP contribution in [0.1, 0.15) is 0 Å². The Morgan fingerprint density at radius 3 is 2.14 bits per heavy atom. The monoisotopic (exact) mass is 552 g/mol. The van der Waals surface area contributed by atoms with Crippen molar-refractivity contribution in [3.05, 3.63) is 146 Å². The minimum absolute atomic E-state index is 0.778. The zero-order valence-electron chi connectivity index (χ0n) is 23.1. The van der Waals surface area contributed by atoms with Gasteiger partial charge in [-0.3, -0.25) is 4.98 Å². The maximum Gasteiger partial charge on any atom is 0.159 e. The number of furan rings is 2. The molecule has 0 bridgehead atoms. The van der Waals surface area contributed by atoms with Gasteiger partial charge in [-0.05, 0) is 82.6 Å². The van der Waals surface area contributed by atoms with E-state index in [0.717, 1.165) is 66.6 Å². The highest BCUT2D eigenvalue weighted by molar-refractivity contribution is 6.11. The van der Waals surface area contributed by atoms with Gasteiger partial charge in [0.15, 0.2) is 11.2 Å². The van der Waals surface area contributed by atoms with Gasteiger partial charge in [0.1, 0.15) is 16.7 Å². The molecule has 0 aliphatic heterocycles. The molecule has 9 aromatic rings. The number of hydrogen-bond acceptors (Lipinski definition) is 4. The summed E-state index contributed by atoms with van der Waals surface area (Å²) in [5.41, 5.74) is 9.50. The van der Waals surface area contributed by atoms with Gasteiger partial charge in [-0.15, -0.1) is 0 Å². The van der Waals surface area contributed by atoms with Crippen LogP contribution in [-0.2, 0) is 0 Å². The third-order valence-corrected chi connectivity index (χ3v) is 8.30. The van der Waals surface area contributed by atoms with Gasteiger partial charge < -0.3 is 13.7 Å². The maximum absolute atomic E-state index is 6.51. The van der Waals surface area contributed by atoms with E-state index in [1.54, 1.807) is 0 Å². The molecule has 6 aromatic carbocycles. The molecule has 3 heterocycles. The van der Waals surface area contributed by atoms with Crippen molar-refractivity contribution in [1.82, 2.24) is 4.98 Å². The molecule has 0 atom stereocenters. The number of anilines is 3. The molecule has 202 valence electrons. The Morgan fingerprint density at radius 2 is 1.21 bits per heavy atom. The summed E-state index contributed by atoms with van der Waals surface area (Å²) >= 11 is 0. The number of fused-ring (bicyclic) bond motifs is 7. The van der Waals surface area contributed by atoms with Crippen molar-refractivity contribution in [2.24, 2.45) is 0 Å². The lowest BCUT2D eigenvalue weighted by molar-refractivity contribution is 0.668. The third-order valence-electron chi connectivity index (χ3n) is 8.30. The van der Waals surface area contributed by atoms with E-state index in [0.29, 0.717) is 0 Å². The van der Waals surface area contributed by atoms with Gasteiger partial charge >= 0.3 is 0 Å². The molecule has 0 aliphatic carbocycles. The predicted octanol–water partition coefficient (Wildman–Crippen LogP) is 11.2. The molecule has 0 fully saturated rings. The van der Waals surface area contributed by atoms with Crippen LogP contribution in [0.25, 0.3) is 65.9 Å². The van der Waals surface area contributed by atoms with E-state index >= 15 is 0 Å². The van der Waals surface area contributed by atoms with Crippen LogP contribution in [0.2, 0.25) is 0 Å². The van der Waals surface area contributed by atoms with E-state index in [-0.39, 0.29) is 0 Å². The number of aromatic nitrogens is 1. The lowest BCUT2D eigenvalue weighted by Crippen LogP contribution is -2.10. The first kappa shape index (κ1) is 23.8. The molecule has 4 heteroatoms. The molecule has 0 amide bonds. The van der Waals surface area contributed by atoms with Crippen LogP contribution in [0.4, 0.5) is 17.1 Å². The fourth-order valence-corrected chi connectivity index (χ4v) is 6.23. The molecule has 43 heavy (non-hydrogen) atoms. The first-order valence-electron chi connectivity index (χ1n) is 14.4. The minimum atomic E-state index is 0.778. The van der Waals surface area contributed by atoms with Crippen LogP contribution >= 0.6 is 0 Å². The second-order valence-corrected chi connectivity index (χ2v) is 10.8. The smallest absolute Gasteiger partial charge is 0.159 e. The van der Waals surface area contributed by atoms with Crippen LogP contribution in [0.5, 0.6) is 0 Å². The summed E-state index contributed by atoms with van der Waals surface area (Å²) in [4.78, 5) is 6.89. The number of hydrogen-bond donors (Lipinski definition) is 0. The number of nitrogens with zero attached hydrogens (tertiary/aromatic N) is 2. The van der Waals surface area contributed by atoms with Crippen molar-refractivity contribution in [3.63, 3.8) is 0 Å². The molecule has 0 radical (unpaired) electrons. The lowest BCUT2D eigenvalue weighted by atomic mass is 10.0. The molecular weight excluding hydrogens is 528 g/mol. The van der Waals surface area contributed by atoms with Crippen LogP contribution in [0.3, 0.4) is 0 Å². The van der Waals surface area contributed by atoms with Gasteiger partial charge in [-0.25, -0.2) is 0 Å². The average molecular weight is 553 g/mol. The molecule has 0 spiro atoms. The summed E-state index contributed by atoms with van der Waals surface area (Å²) in [6.45, 7) is 0. The molecule has 0 aliphatic rings. The summed E-state index contributed by atoms with van der Waals surface area (Å²) in [7, 11) is 0. The topological polar surface area (TPSA) is 42.4 Å². The molecule has 9 rings (SSSR count). The zero-order valence-corrected chi connectivity index (χ0v) is 23.1. The second-order valence-electron chi connectivity index (χ2n) is 10.8. The molecule has 0 saturated carbocycles. The number of benzene rings is 6. The fourth-order valence-electron chi connectivity index (χ4n) is 6.23. The van der Waals surface area contributed by atoms with E-state index in [1.165, 1.54) is 16.3 Å². The highest BCUT2D eigenvalue weighted by Crippen LogP contribution is 2.43. The molecule has 0 unspecified atom stereocenters. The lowest BCUT2D eigenvalue weighted by Gasteiger charge is -2.26. The first-order valence-corrected chi connectivity index (χ1v) is 14.4. The number of rotatable bonds is 4. The van der Waals surface area contributed by atoms with E-state index in [2.05, 4.69) is 119 Å². The molecule has 3 aromatic heterocycles. The quantitative estimate of drug-likeness (QED) is 0.218. The van der Waals surface area contributed by atoms with Crippen LogP contribution in [-0.4, -0.2) is 4.98 Å². The summed E-state index contributed by atoms with van der Waals surface area (Å²) in [6.07, 6.45) is 1.81. The molecule has 0 N–H and O–H groups in total. The summed E-state index contributed by atoms with van der Waals surface area (Å²) in [5.74, 6) is 0. The van der Waals surface area contributed by atoms with E-state index in [1.807, 2.05) is 36.5 Å². The summed E-state index contributed by atoms with van der Waals surface area (Å²) in [6, 6.07) is 48.6. The van der Waals surface area contributed by atoms with E-state index in [4.69, 9.17) is 8.83 Å². The molecule has 4 nitrogen and oxygen atoms in total. The van der Waals surface area contributed by atoms with Crippen molar-refractivity contribution in [1.29, 1.82) is 0 Å². The van der Waals surface area contributed by atoms with Crippen molar-refractivity contribution in [2.75, 3.05) is 4.90 Å². The number of para-hydroxylation sites is 2. The van der Waals surface area contributed by atoms with Crippen molar-refractivity contribution >= 4 is 71.8 Å². The number of pyridine rings is 1. The van der Waals surface area contributed by atoms with Crippen LogP contribution in [0, 0.1) is 0 Å². The van der Waals surface area contributed by atoms with Gasteiger partial charge in [0.2, 0.25) is 0 Å². The highest BCUT2D eigenvalue weighted by Gasteiger charge is 2.20. The highest BCUT2D eigenvalue weighted by atomic mass is 16.3. The predicted molar refractivity (Wildman–Crippen MR) is 176 cm³/mol. The second kappa shape index (κ2) is 9.33. The van der Waals surface area contributed by atoms with E-state index in [9.17, 15) is 0 Å². The Labute approximate surface area is 247 Å². The van der Waals surface area contributed by atoms with Crippen LogP contribution in [0.15, 0.2) is 155 Å². The van der Waals surface area contributed by atoms with Gasteiger partial charge in [0, 0.05) is 33.7 Å². The first-order chi connectivity index (χ1) is 21.3. The van der Waals surface area contributed by atoms with Gasteiger partial charge in [0.05, 0.1) is 5.69 Å². The summed E-state index contributed by atoms with van der Waals surface area (Å²) < 4.78 is 12.6. The minimum Gasteiger partial charge on any atom is -0.454 e. The Balaban J connectivity index is 1.24. The Hall–Kier alpha value is -5.87. The molecular formula is C39H24N2O2.